The summed E-state index contributed by atoms with van der Waals surface area (Å²) in [7, 11) is 1.59. The highest BCUT2D eigenvalue weighted by Gasteiger charge is 2.10. The summed E-state index contributed by atoms with van der Waals surface area (Å²) in [4.78, 5) is 16.7. The molecule has 3 rings (SSSR count). The molecule has 0 radical (unpaired) electrons. The molecule has 29 heavy (non-hydrogen) atoms. The van der Waals surface area contributed by atoms with E-state index >= 15 is 0 Å². The van der Waals surface area contributed by atoms with Gasteiger partial charge in [-0.1, -0.05) is 54.6 Å². The number of nitrogens with one attached hydrogen (secondary N) is 2. The third-order valence-corrected chi connectivity index (χ3v) is 4.40. The Labute approximate surface area is 170 Å². The molecule has 0 fully saturated rings. The molecular weight excluding hydrogens is 364 g/mol. The number of amides is 1. The highest BCUT2D eigenvalue weighted by molar-refractivity contribution is 6.12. The number of rotatable bonds is 7. The van der Waals surface area contributed by atoms with Crippen molar-refractivity contribution < 1.29 is 9.53 Å². The molecule has 0 aromatic heterocycles. The third-order valence-electron chi connectivity index (χ3n) is 4.40. The zero-order chi connectivity index (χ0) is 20.5. The lowest BCUT2D eigenvalue weighted by molar-refractivity contribution is -0.117. The maximum Gasteiger partial charge on any atom is 0.254 e. The van der Waals surface area contributed by atoms with Crippen LogP contribution in [-0.4, -0.2) is 25.4 Å². The number of benzene rings is 2. The Hall–Kier alpha value is -3.80. The van der Waals surface area contributed by atoms with E-state index in [-0.39, 0.29) is 17.6 Å². The zero-order valence-corrected chi connectivity index (χ0v) is 16.2. The molecule has 1 aliphatic rings. The van der Waals surface area contributed by atoms with E-state index < -0.39 is 0 Å². The number of methoxy groups -OCH3 is 1. The first-order valence-corrected chi connectivity index (χ1v) is 9.25. The summed E-state index contributed by atoms with van der Waals surface area (Å²) in [5, 5.41) is 5.91. The second-order valence-electron chi connectivity index (χ2n) is 6.36. The molecular formula is C23H24N4O2. The number of allylic oxidation sites excluding steroid dienone is 1. The van der Waals surface area contributed by atoms with E-state index in [2.05, 4.69) is 27.8 Å². The van der Waals surface area contributed by atoms with Crippen LogP contribution in [0.25, 0.3) is 11.1 Å². The van der Waals surface area contributed by atoms with Crippen molar-refractivity contribution in [2.75, 3.05) is 7.11 Å². The molecule has 0 spiro atoms. The monoisotopic (exact) mass is 388 g/mol. The number of dihydropyridines is 1. The van der Waals surface area contributed by atoms with Gasteiger partial charge in [0.15, 0.2) is 0 Å². The first kappa shape index (κ1) is 19.9. The number of hydrogen-bond donors (Lipinski definition) is 3. The van der Waals surface area contributed by atoms with Crippen molar-refractivity contribution in [2.24, 2.45) is 10.7 Å². The first-order valence-electron chi connectivity index (χ1n) is 9.25. The predicted octanol–water partition coefficient (Wildman–Crippen LogP) is 2.86. The van der Waals surface area contributed by atoms with Crippen LogP contribution in [0.4, 0.5) is 0 Å². The number of carbonyl (C=O) groups is 1. The molecule has 6 heteroatoms. The van der Waals surface area contributed by atoms with Gasteiger partial charge in [-0.25, -0.2) is 0 Å². The maximum absolute atomic E-state index is 12.4. The summed E-state index contributed by atoms with van der Waals surface area (Å²) in [5.74, 6) is 0.415. The summed E-state index contributed by atoms with van der Waals surface area (Å²) in [6.45, 7) is 0.400. The summed E-state index contributed by atoms with van der Waals surface area (Å²) in [6.07, 6.45) is 7.72. The minimum absolute atomic E-state index is 0.286. The van der Waals surface area contributed by atoms with Crippen molar-refractivity contribution in [1.82, 2.24) is 10.6 Å². The molecule has 0 saturated carbocycles. The van der Waals surface area contributed by atoms with E-state index in [9.17, 15) is 4.79 Å². The fraction of sp³-hybridized carbons (Fsp3) is 0.130. The summed E-state index contributed by atoms with van der Waals surface area (Å²) in [6, 6.07) is 18.2. The SMILES string of the molecule is COC1=CC(/N=C/C(=C\N)C(=O)NCc2ccc(-c3ccccc3)cc2)NC=C1. The van der Waals surface area contributed by atoms with Gasteiger partial charge in [0.2, 0.25) is 0 Å². The Balaban J connectivity index is 1.56. The topological polar surface area (TPSA) is 88.7 Å². The van der Waals surface area contributed by atoms with Gasteiger partial charge < -0.3 is 21.1 Å². The minimum Gasteiger partial charge on any atom is -0.497 e. The largest absolute Gasteiger partial charge is 0.497 e. The maximum atomic E-state index is 12.4. The van der Waals surface area contributed by atoms with Gasteiger partial charge in [-0.05, 0) is 22.8 Å². The van der Waals surface area contributed by atoms with Crippen molar-refractivity contribution in [3.63, 3.8) is 0 Å². The van der Waals surface area contributed by atoms with Crippen LogP contribution in [-0.2, 0) is 16.1 Å². The fourth-order valence-corrected chi connectivity index (χ4v) is 2.78. The minimum atomic E-state index is -0.316. The number of aliphatic imine (C=N–C) groups is 1. The quantitative estimate of drug-likeness (QED) is 0.503. The highest BCUT2D eigenvalue weighted by Crippen LogP contribution is 2.19. The Morgan fingerprint density at radius 2 is 1.90 bits per heavy atom. The van der Waals surface area contributed by atoms with Gasteiger partial charge in [0.1, 0.15) is 11.9 Å². The smallest absolute Gasteiger partial charge is 0.254 e. The van der Waals surface area contributed by atoms with E-state index in [0.29, 0.717) is 12.3 Å². The van der Waals surface area contributed by atoms with E-state index in [4.69, 9.17) is 10.5 Å². The Morgan fingerprint density at radius 1 is 1.17 bits per heavy atom. The van der Waals surface area contributed by atoms with Crippen LogP contribution in [0.2, 0.25) is 0 Å². The van der Waals surface area contributed by atoms with Gasteiger partial charge in [0.25, 0.3) is 5.91 Å². The third kappa shape index (κ3) is 5.59. The molecule has 1 aliphatic heterocycles. The molecule has 2 aromatic rings. The zero-order valence-electron chi connectivity index (χ0n) is 16.2. The van der Waals surface area contributed by atoms with Gasteiger partial charge in [-0.2, -0.15) is 0 Å². The molecule has 0 aliphatic carbocycles. The first-order chi connectivity index (χ1) is 14.2. The lowest BCUT2D eigenvalue weighted by Gasteiger charge is -2.14. The molecule has 2 aromatic carbocycles. The van der Waals surface area contributed by atoms with Crippen molar-refractivity contribution in [3.8, 4) is 11.1 Å². The lowest BCUT2D eigenvalue weighted by atomic mass is 10.0. The number of carbonyl (C=O) groups excluding carboxylic acids is 1. The van der Waals surface area contributed by atoms with Gasteiger partial charge >= 0.3 is 0 Å². The van der Waals surface area contributed by atoms with E-state index in [1.165, 1.54) is 12.4 Å². The fourth-order valence-electron chi connectivity index (χ4n) is 2.78. The van der Waals surface area contributed by atoms with Gasteiger partial charge in [0, 0.05) is 31.2 Å². The van der Waals surface area contributed by atoms with Gasteiger partial charge in [0.05, 0.1) is 12.7 Å². The lowest BCUT2D eigenvalue weighted by Crippen LogP contribution is -2.27. The van der Waals surface area contributed by atoms with Crippen molar-refractivity contribution in [3.05, 3.63) is 96.0 Å². The highest BCUT2D eigenvalue weighted by atomic mass is 16.5. The average Bonchev–Trinajstić information content (AvgIpc) is 2.79. The second-order valence-corrected chi connectivity index (χ2v) is 6.36. The number of hydrogen-bond acceptors (Lipinski definition) is 5. The van der Waals surface area contributed by atoms with Crippen LogP contribution >= 0.6 is 0 Å². The van der Waals surface area contributed by atoms with Crippen molar-refractivity contribution >= 4 is 12.1 Å². The average molecular weight is 388 g/mol. The molecule has 1 atom stereocenters. The molecule has 0 saturated heterocycles. The van der Waals surface area contributed by atoms with Crippen molar-refractivity contribution in [2.45, 2.75) is 12.7 Å². The summed E-state index contributed by atoms with van der Waals surface area (Å²) >= 11 is 0. The Bertz CT molecular complexity index is 945. The van der Waals surface area contributed by atoms with Crippen LogP contribution in [0.5, 0.6) is 0 Å². The molecule has 1 amide bonds. The molecule has 0 bridgehead atoms. The van der Waals surface area contributed by atoms with Crippen LogP contribution < -0.4 is 16.4 Å². The molecule has 6 nitrogen and oxygen atoms in total. The van der Waals surface area contributed by atoms with Crippen molar-refractivity contribution in [1.29, 1.82) is 0 Å². The van der Waals surface area contributed by atoms with Crippen LogP contribution in [0.1, 0.15) is 5.56 Å². The number of nitrogens with zero attached hydrogens (tertiary/aromatic N) is 1. The number of nitrogens with two attached hydrogens (primary N) is 1. The molecule has 4 N–H and O–H groups in total. The molecule has 1 unspecified atom stereocenters. The second kappa shape index (κ2) is 9.94. The standard InChI is InChI=1S/C23H24N4O2/c1-29-21-11-12-25-22(13-21)26-16-20(14-24)23(28)27-15-17-7-9-19(10-8-17)18-5-3-2-4-6-18/h2-14,16,22,25H,15,24H2,1H3,(H,27,28)/b20-14+,26-16+. The van der Waals surface area contributed by atoms with Gasteiger partial charge in [-0.3, -0.25) is 9.79 Å². The number of ether oxygens (including phenoxy) is 1. The normalized spacial score (nSPS) is 16.2. The molecule has 1 heterocycles. The summed E-state index contributed by atoms with van der Waals surface area (Å²) in [5.41, 5.74) is 9.18. The van der Waals surface area contributed by atoms with Gasteiger partial charge in [-0.15, -0.1) is 0 Å². The predicted molar refractivity (Wildman–Crippen MR) is 116 cm³/mol. The van der Waals surface area contributed by atoms with E-state index in [1.807, 2.05) is 42.5 Å². The summed E-state index contributed by atoms with van der Waals surface area (Å²) < 4.78 is 5.17. The Kier molecular flexibility index (Phi) is 6.84. The molecule has 148 valence electrons. The van der Waals surface area contributed by atoms with E-state index in [1.54, 1.807) is 25.5 Å². The Morgan fingerprint density at radius 3 is 2.59 bits per heavy atom. The van der Waals surface area contributed by atoms with E-state index in [0.717, 1.165) is 16.7 Å². The van der Waals surface area contributed by atoms with Crippen LogP contribution in [0.15, 0.2) is 95.5 Å². The van der Waals surface area contributed by atoms with Crippen LogP contribution in [0.3, 0.4) is 0 Å². The van der Waals surface area contributed by atoms with Crippen LogP contribution in [0, 0.1) is 0 Å².